The molecule has 1 heterocycles. The second-order valence-electron chi connectivity index (χ2n) is 5.25. The molecule has 0 fully saturated rings. The molecule has 9 heteroatoms. The molecule has 0 atom stereocenters. The van der Waals surface area contributed by atoms with Gasteiger partial charge < -0.3 is 20.1 Å². The summed E-state index contributed by atoms with van der Waals surface area (Å²) in [6, 6.07) is 8.77. The average molecular weight is 387 g/mol. The number of nitrogens with zero attached hydrogens (tertiary/aromatic N) is 1. The fraction of sp³-hybridized carbons (Fsp3) is 0.353. The first kappa shape index (κ1) is 19.9. The van der Waals surface area contributed by atoms with E-state index in [0.717, 1.165) is 5.56 Å². The molecule has 0 bridgehead atoms. The molecule has 0 spiro atoms. The standard InChI is InChI=1S/C17H20F3N3O2S/c1-21-16(23-10-13-4-3-7-26-13)22-9-12-5-6-14(15(8-12)24-2)25-11-17(18,19)20/h3-8H,9-11H2,1-2H3,(H2,21,22,23). The fourth-order valence-corrected chi connectivity index (χ4v) is 2.74. The van der Waals surface area contributed by atoms with Gasteiger partial charge in [-0.2, -0.15) is 13.2 Å². The second kappa shape index (κ2) is 9.33. The summed E-state index contributed by atoms with van der Waals surface area (Å²) in [6.07, 6.45) is -4.40. The number of ether oxygens (including phenoxy) is 2. The first-order chi connectivity index (χ1) is 12.4. The number of benzene rings is 1. The van der Waals surface area contributed by atoms with Crippen molar-refractivity contribution in [2.45, 2.75) is 19.3 Å². The number of alkyl halides is 3. The predicted octanol–water partition coefficient (Wildman–Crippen LogP) is 3.56. The molecule has 0 aliphatic heterocycles. The van der Waals surface area contributed by atoms with Crippen molar-refractivity contribution in [2.75, 3.05) is 20.8 Å². The van der Waals surface area contributed by atoms with E-state index < -0.39 is 12.8 Å². The summed E-state index contributed by atoms with van der Waals surface area (Å²) in [5.41, 5.74) is 0.820. The van der Waals surface area contributed by atoms with E-state index in [9.17, 15) is 13.2 Å². The van der Waals surface area contributed by atoms with Gasteiger partial charge in [0.1, 0.15) is 0 Å². The van der Waals surface area contributed by atoms with Crippen molar-refractivity contribution >= 4 is 17.3 Å². The number of halogens is 3. The number of guanidine groups is 1. The molecule has 142 valence electrons. The molecule has 1 aromatic carbocycles. The van der Waals surface area contributed by atoms with E-state index in [1.54, 1.807) is 30.5 Å². The average Bonchev–Trinajstić information content (AvgIpc) is 3.13. The normalized spacial score (nSPS) is 12.0. The lowest BCUT2D eigenvalue weighted by Gasteiger charge is -2.15. The van der Waals surface area contributed by atoms with Gasteiger partial charge in [-0.3, -0.25) is 4.99 Å². The van der Waals surface area contributed by atoms with Gasteiger partial charge in [0.25, 0.3) is 0 Å². The molecular weight excluding hydrogens is 367 g/mol. The van der Waals surface area contributed by atoms with E-state index in [1.807, 2.05) is 17.5 Å². The monoisotopic (exact) mass is 387 g/mol. The minimum atomic E-state index is -4.40. The molecule has 0 aliphatic rings. The van der Waals surface area contributed by atoms with Crippen LogP contribution in [0.4, 0.5) is 13.2 Å². The van der Waals surface area contributed by atoms with E-state index >= 15 is 0 Å². The lowest BCUT2D eigenvalue weighted by molar-refractivity contribution is -0.153. The number of methoxy groups -OCH3 is 1. The quantitative estimate of drug-likeness (QED) is 0.563. The highest BCUT2D eigenvalue weighted by molar-refractivity contribution is 7.09. The third-order valence-electron chi connectivity index (χ3n) is 3.31. The topological polar surface area (TPSA) is 54.9 Å². The lowest BCUT2D eigenvalue weighted by Crippen LogP contribution is -2.36. The third-order valence-corrected chi connectivity index (χ3v) is 4.19. The summed E-state index contributed by atoms with van der Waals surface area (Å²) in [5, 5.41) is 8.33. The van der Waals surface area contributed by atoms with Crippen molar-refractivity contribution in [2.24, 2.45) is 4.99 Å². The zero-order chi connectivity index (χ0) is 19.0. The molecular formula is C17H20F3N3O2S. The maximum absolute atomic E-state index is 12.3. The Hall–Kier alpha value is -2.42. The minimum absolute atomic E-state index is 0.0498. The van der Waals surface area contributed by atoms with Crippen LogP contribution >= 0.6 is 11.3 Å². The zero-order valence-corrected chi connectivity index (χ0v) is 15.2. The second-order valence-corrected chi connectivity index (χ2v) is 6.28. The molecule has 5 nitrogen and oxygen atoms in total. The van der Waals surface area contributed by atoms with E-state index in [0.29, 0.717) is 19.0 Å². The molecule has 0 unspecified atom stereocenters. The molecule has 26 heavy (non-hydrogen) atoms. The van der Waals surface area contributed by atoms with Crippen LogP contribution in [0, 0.1) is 0 Å². The maximum atomic E-state index is 12.3. The molecule has 1 aromatic heterocycles. The first-order valence-electron chi connectivity index (χ1n) is 7.74. The van der Waals surface area contributed by atoms with Gasteiger partial charge in [-0.1, -0.05) is 12.1 Å². The Balaban J connectivity index is 1.91. The predicted molar refractivity (Wildman–Crippen MR) is 95.9 cm³/mol. The highest BCUT2D eigenvalue weighted by Crippen LogP contribution is 2.29. The fourth-order valence-electron chi connectivity index (χ4n) is 2.09. The lowest BCUT2D eigenvalue weighted by atomic mass is 10.2. The van der Waals surface area contributed by atoms with Gasteiger partial charge in [-0.05, 0) is 29.1 Å². The van der Waals surface area contributed by atoms with Crippen molar-refractivity contribution in [3.63, 3.8) is 0 Å². The summed E-state index contributed by atoms with van der Waals surface area (Å²) >= 11 is 1.65. The van der Waals surface area contributed by atoms with Gasteiger partial charge in [0.05, 0.1) is 13.7 Å². The Morgan fingerprint density at radius 3 is 2.54 bits per heavy atom. The van der Waals surface area contributed by atoms with Gasteiger partial charge in [0.2, 0.25) is 0 Å². The summed E-state index contributed by atoms with van der Waals surface area (Å²) < 4.78 is 46.7. The smallest absolute Gasteiger partial charge is 0.422 e. The molecule has 0 saturated heterocycles. The molecule has 2 N–H and O–H groups in total. The van der Waals surface area contributed by atoms with Gasteiger partial charge in [-0.15, -0.1) is 11.3 Å². The molecule has 2 aromatic rings. The van der Waals surface area contributed by atoms with Gasteiger partial charge in [-0.25, -0.2) is 0 Å². The first-order valence-corrected chi connectivity index (χ1v) is 8.62. The number of rotatable bonds is 7. The SMILES string of the molecule is CN=C(NCc1ccc(OCC(F)(F)F)c(OC)c1)NCc1cccs1. The van der Waals surface area contributed by atoms with Crippen LogP contribution < -0.4 is 20.1 Å². The Kier molecular flexibility index (Phi) is 7.14. The number of aliphatic imine (C=N–C) groups is 1. The summed E-state index contributed by atoms with van der Waals surface area (Å²) in [5.74, 6) is 0.915. The molecule has 0 saturated carbocycles. The van der Waals surface area contributed by atoms with Crippen LogP contribution in [0.5, 0.6) is 11.5 Å². The Morgan fingerprint density at radius 2 is 1.92 bits per heavy atom. The van der Waals surface area contributed by atoms with Crippen molar-refractivity contribution in [1.82, 2.24) is 10.6 Å². The van der Waals surface area contributed by atoms with Gasteiger partial charge >= 0.3 is 6.18 Å². The summed E-state index contributed by atoms with van der Waals surface area (Å²) in [6.45, 7) is -0.273. The maximum Gasteiger partial charge on any atom is 0.422 e. The van der Waals surface area contributed by atoms with Gasteiger partial charge in [0, 0.05) is 18.5 Å². The number of nitrogens with one attached hydrogen (secondary N) is 2. The summed E-state index contributed by atoms with van der Waals surface area (Å²) in [7, 11) is 3.05. The number of thiophene rings is 1. The van der Waals surface area contributed by atoms with Crippen LogP contribution in [-0.2, 0) is 13.1 Å². The van der Waals surface area contributed by atoms with E-state index in [4.69, 9.17) is 9.47 Å². The third kappa shape index (κ3) is 6.47. The molecule has 0 radical (unpaired) electrons. The number of hydrogen-bond donors (Lipinski definition) is 2. The van der Waals surface area contributed by atoms with Crippen LogP contribution in [0.3, 0.4) is 0 Å². The van der Waals surface area contributed by atoms with Crippen LogP contribution in [0.1, 0.15) is 10.4 Å². The highest BCUT2D eigenvalue weighted by Gasteiger charge is 2.29. The zero-order valence-electron chi connectivity index (χ0n) is 14.4. The molecule has 0 aliphatic carbocycles. The van der Waals surface area contributed by atoms with E-state index in [2.05, 4.69) is 15.6 Å². The Labute approximate surface area is 153 Å². The van der Waals surface area contributed by atoms with Crippen molar-refractivity contribution in [1.29, 1.82) is 0 Å². The van der Waals surface area contributed by atoms with Crippen LogP contribution in [-0.4, -0.2) is 32.9 Å². The molecule has 0 amide bonds. The minimum Gasteiger partial charge on any atom is -0.493 e. The number of hydrogen-bond acceptors (Lipinski definition) is 4. The Morgan fingerprint density at radius 1 is 1.15 bits per heavy atom. The van der Waals surface area contributed by atoms with E-state index in [-0.39, 0.29) is 11.5 Å². The van der Waals surface area contributed by atoms with Crippen molar-refractivity contribution < 1.29 is 22.6 Å². The Bertz CT molecular complexity index is 719. The highest BCUT2D eigenvalue weighted by atomic mass is 32.1. The molecule has 2 rings (SSSR count). The largest absolute Gasteiger partial charge is 0.493 e. The van der Waals surface area contributed by atoms with Crippen molar-refractivity contribution in [3.05, 3.63) is 46.2 Å². The van der Waals surface area contributed by atoms with Crippen molar-refractivity contribution in [3.8, 4) is 11.5 Å². The van der Waals surface area contributed by atoms with Gasteiger partial charge in [0.15, 0.2) is 24.1 Å². The summed E-state index contributed by atoms with van der Waals surface area (Å²) in [4.78, 5) is 5.32. The van der Waals surface area contributed by atoms with Crippen LogP contribution in [0.15, 0.2) is 40.7 Å². The van der Waals surface area contributed by atoms with Crippen LogP contribution in [0.2, 0.25) is 0 Å². The van der Waals surface area contributed by atoms with Crippen LogP contribution in [0.25, 0.3) is 0 Å². The van der Waals surface area contributed by atoms with E-state index in [1.165, 1.54) is 18.1 Å².